The molecule has 0 unspecified atom stereocenters. The maximum atomic E-state index is 9.40. The second-order valence-electron chi connectivity index (χ2n) is 2.66. The molecule has 0 spiro atoms. The van der Waals surface area contributed by atoms with Crippen LogP contribution in [0.1, 0.15) is 5.56 Å². The molecule has 0 atom stereocenters. The van der Waals surface area contributed by atoms with Gasteiger partial charge in [0.25, 0.3) is 0 Å². The van der Waals surface area contributed by atoms with Gasteiger partial charge in [-0.25, -0.2) is 0 Å². The normalized spacial score (nSPS) is 10.2. The minimum absolute atomic E-state index is 0.160. The third kappa shape index (κ3) is 3.16. The van der Waals surface area contributed by atoms with Crippen LogP contribution < -0.4 is 5.73 Å². The molecule has 0 aromatic heterocycles. The number of aromatic hydroxyl groups is 1. The van der Waals surface area contributed by atoms with Gasteiger partial charge in [-0.3, -0.25) is 0 Å². The summed E-state index contributed by atoms with van der Waals surface area (Å²) >= 11 is 1.56. The first-order valence-corrected chi connectivity index (χ1v) is 5.15. The molecule has 0 heterocycles. The minimum atomic E-state index is 0.160. The maximum Gasteiger partial charge on any atom is 0.119 e. The van der Waals surface area contributed by atoms with Gasteiger partial charge in [-0.15, -0.1) is 0 Å². The Morgan fingerprint density at radius 2 is 2.15 bits per heavy atom. The molecule has 3 nitrogen and oxygen atoms in total. The van der Waals surface area contributed by atoms with Crippen LogP contribution in [0, 0.1) is 0 Å². The number of rotatable bonds is 4. The van der Waals surface area contributed by atoms with Crippen LogP contribution in [0.25, 0.3) is 0 Å². The lowest BCUT2D eigenvalue weighted by Gasteiger charge is -2.04. The van der Waals surface area contributed by atoms with Crippen LogP contribution in [-0.2, 0) is 5.75 Å². The molecule has 1 rings (SSSR count). The number of thioether (sulfide) groups is 1. The number of hydrogen-bond donors (Lipinski definition) is 3. The number of anilines is 1. The summed E-state index contributed by atoms with van der Waals surface area (Å²) in [6.45, 7) is 0.160. The lowest BCUT2D eigenvalue weighted by Crippen LogP contribution is -1.91. The highest BCUT2D eigenvalue weighted by atomic mass is 32.2. The van der Waals surface area contributed by atoms with E-state index >= 15 is 0 Å². The van der Waals surface area contributed by atoms with Crippen molar-refractivity contribution in [1.29, 1.82) is 0 Å². The van der Waals surface area contributed by atoms with Crippen molar-refractivity contribution in [2.45, 2.75) is 5.75 Å². The molecule has 0 saturated carbocycles. The maximum absolute atomic E-state index is 9.40. The zero-order valence-corrected chi connectivity index (χ0v) is 8.05. The fourth-order valence-corrected chi connectivity index (χ4v) is 1.69. The number of aliphatic hydroxyl groups is 1. The molecule has 4 N–H and O–H groups in total. The summed E-state index contributed by atoms with van der Waals surface area (Å²) in [5.74, 6) is 1.62. The van der Waals surface area contributed by atoms with Crippen LogP contribution in [0.15, 0.2) is 18.2 Å². The fraction of sp³-hybridized carbons (Fsp3) is 0.333. The van der Waals surface area contributed by atoms with Gasteiger partial charge in [-0.05, 0) is 18.2 Å². The average molecular weight is 199 g/mol. The lowest BCUT2D eigenvalue weighted by molar-refractivity contribution is 0.322. The van der Waals surface area contributed by atoms with E-state index in [0.717, 1.165) is 5.56 Å². The third-order valence-corrected chi connectivity index (χ3v) is 2.58. The van der Waals surface area contributed by atoms with E-state index in [1.165, 1.54) is 0 Å². The van der Waals surface area contributed by atoms with Gasteiger partial charge in [0.2, 0.25) is 0 Å². The monoisotopic (exact) mass is 199 g/mol. The zero-order valence-electron chi connectivity index (χ0n) is 7.23. The van der Waals surface area contributed by atoms with Crippen molar-refractivity contribution >= 4 is 17.4 Å². The van der Waals surface area contributed by atoms with Crippen molar-refractivity contribution in [2.24, 2.45) is 0 Å². The molecule has 0 radical (unpaired) electrons. The SMILES string of the molecule is Nc1ccc(O)c(CSCCO)c1. The van der Waals surface area contributed by atoms with E-state index in [4.69, 9.17) is 10.8 Å². The highest BCUT2D eigenvalue weighted by molar-refractivity contribution is 7.98. The Bertz CT molecular complexity index is 278. The molecule has 0 aliphatic heterocycles. The molecule has 0 aliphatic rings. The van der Waals surface area contributed by atoms with Crippen LogP contribution in [0.2, 0.25) is 0 Å². The summed E-state index contributed by atoms with van der Waals surface area (Å²) in [5.41, 5.74) is 7.03. The summed E-state index contributed by atoms with van der Waals surface area (Å²) < 4.78 is 0. The van der Waals surface area contributed by atoms with Gasteiger partial charge in [0.1, 0.15) is 5.75 Å². The van der Waals surface area contributed by atoms with Gasteiger partial charge in [0.05, 0.1) is 6.61 Å². The van der Waals surface area contributed by atoms with Crippen molar-refractivity contribution in [3.05, 3.63) is 23.8 Å². The Hall–Kier alpha value is -0.870. The standard InChI is InChI=1S/C9H13NO2S/c10-8-1-2-9(12)7(5-8)6-13-4-3-11/h1-2,5,11-12H,3-4,6,10H2. The van der Waals surface area contributed by atoms with Crippen LogP contribution in [0.3, 0.4) is 0 Å². The Balaban J connectivity index is 2.59. The summed E-state index contributed by atoms with van der Waals surface area (Å²) in [5, 5.41) is 18.0. The lowest BCUT2D eigenvalue weighted by atomic mass is 10.2. The summed E-state index contributed by atoms with van der Waals surface area (Å²) in [6, 6.07) is 5.00. The van der Waals surface area contributed by atoms with E-state index in [1.54, 1.807) is 30.0 Å². The Morgan fingerprint density at radius 1 is 1.38 bits per heavy atom. The number of hydrogen-bond acceptors (Lipinski definition) is 4. The Labute approximate surface area is 81.6 Å². The molecule has 72 valence electrons. The molecular formula is C9H13NO2S. The summed E-state index contributed by atoms with van der Waals surface area (Å²) in [4.78, 5) is 0. The predicted octanol–water partition coefficient (Wildman–Crippen LogP) is 1.20. The largest absolute Gasteiger partial charge is 0.508 e. The number of benzene rings is 1. The topological polar surface area (TPSA) is 66.5 Å². The highest BCUT2D eigenvalue weighted by Gasteiger charge is 2.00. The molecule has 1 aromatic carbocycles. The first kappa shape index (κ1) is 10.2. The average Bonchev–Trinajstić information content (AvgIpc) is 2.11. The Kier molecular flexibility index (Phi) is 3.92. The van der Waals surface area contributed by atoms with Gasteiger partial charge in [0.15, 0.2) is 0 Å². The van der Waals surface area contributed by atoms with E-state index < -0.39 is 0 Å². The molecule has 13 heavy (non-hydrogen) atoms. The van der Waals surface area contributed by atoms with Crippen LogP contribution >= 0.6 is 11.8 Å². The molecule has 1 aromatic rings. The molecule has 0 aliphatic carbocycles. The van der Waals surface area contributed by atoms with Crippen molar-refractivity contribution in [3.8, 4) is 5.75 Å². The van der Waals surface area contributed by atoms with E-state index in [1.807, 2.05) is 0 Å². The van der Waals surface area contributed by atoms with Crippen molar-refractivity contribution in [1.82, 2.24) is 0 Å². The zero-order chi connectivity index (χ0) is 9.68. The quantitative estimate of drug-likeness (QED) is 0.387. The first-order valence-electron chi connectivity index (χ1n) is 4.00. The van der Waals surface area contributed by atoms with Crippen molar-refractivity contribution in [2.75, 3.05) is 18.1 Å². The van der Waals surface area contributed by atoms with Crippen LogP contribution in [0.4, 0.5) is 5.69 Å². The van der Waals surface area contributed by atoms with Crippen LogP contribution in [0.5, 0.6) is 5.75 Å². The Morgan fingerprint density at radius 3 is 2.85 bits per heavy atom. The first-order chi connectivity index (χ1) is 6.24. The van der Waals surface area contributed by atoms with Crippen molar-refractivity contribution in [3.63, 3.8) is 0 Å². The van der Waals surface area contributed by atoms with Gasteiger partial charge in [-0.1, -0.05) is 0 Å². The van der Waals surface area contributed by atoms with E-state index in [-0.39, 0.29) is 12.4 Å². The van der Waals surface area contributed by atoms with Gasteiger partial charge >= 0.3 is 0 Å². The second kappa shape index (κ2) is 4.99. The van der Waals surface area contributed by atoms with Gasteiger partial charge in [-0.2, -0.15) is 11.8 Å². The van der Waals surface area contributed by atoms with E-state index in [2.05, 4.69) is 0 Å². The summed E-state index contributed by atoms with van der Waals surface area (Å²) in [7, 11) is 0. The number of aliphatic hydroxyl groups excluding tert-OH is 1. The molecular weight excluding hydrogens is 186 g/mol. The van der Waals surface area contributed by atoms with Gasteiger partial charge in [0, 0.05) is 22.8 Å². The smallest absolute Gasteiger partial charge is 0.119 e. The summed E-state index contributed by atoms with van der Waals surface area (Å²) in [6.07, 6.45) is 0. The number of nitrogen functional groups attached to an aromatic ring is 1. The predicted molar refractivity (Wildman–Crippen MR) is 55.8 cm³/mol. The second-order valence-corrected chi connectivity index (χ2v) is 3.77. The molecule has 0 fully saturated rings. The third-order valence-electron chi connectivity index (χ3n) is 1.60. The molecule has 0 bridgehead atoms. The number of phenolic OH excluding ortho intramolecular Hbond substituents is 1. The minimum Gasteiger partial charge on any atom is -0.508 e. The fourth-order valence-electron chi connectivity index (χ4n) is 0.968. The van der Waals surface area contributed by atoms with Crippen molar-refractivity contribution < 1.29 is 10.2 Å². The van der Waals surface area contributed by atoms with Crippen LogP contribution in [-0.4, -0.2) is 22.6 Å². The van der Waals surface area contributed by atoms with Gasteiger partial charge < -0.3 is 15.9 Å². The molecule has 0 saturated heterocycles. The highest BCUT2D eigenvalue weighted by Crippen LogP contribution is 2.23. The molecule has 4 heteroatoms. The molecule has 0 amide bonds. The van der Waals surface area contributed by atoms with E-state index in [0.29, 0.717) is 17.2 Å². The van der Waals surface area contributed by atoms with E-state index in [9.17, 15) is 5.11 Å². The number of phenols is 1. The number of nitrogens with two attached hydrogens (primary N) is 1.